The van der Waals surface area contributed by atoms with Crippen LogP contribution >= 0.6 is 0 Å². The predicted octanol–water partition coefficient (Wildman–Crippen LogP) is 9.77. The van der Waals surface area contributed by atoms with Crippen molar-refractivity contribution < 1.29 is 21.1 Å². The van der Waals surface area contributed by atoms with E-state index in [2.05, 4.69) is 146 Å². The maximum atomic E-state index is 4.77. The molecule has 0 aliphatic carbocycles. The van der Waals surface area contributed by atoms with Crippen molar-refractivity contribution in [3.05, 3.63) is 212 Å². The van der Waals surface area contributed by atoms with Crippen LogP contribution in [0.2, 0.25) is 0 Å². The Balaban J connectivity index is 0.00000397. The number of nitrogens with zero attached hydrogens (tertiary/aromatic N) is 8. The predicted molar refractivity (Wildman–Crippen MR) is 213 cm³/mol. The van der Waals surface area contributed by atoms with E-state index in [9.17, 15) is 0 Å². The van der Waals surface area contributed by atoms with Crippen LogP contribution in [0.1, 0.15) is 22.5 Å². The zero-order valence-corrected chi connectivity index (χ0v) is 31.4. The normalized spacial score (nSPS) is 12.1. The summed E-state index contributed by atoms with van der Waals surface area (Å²) in [7, 11) is 0. The van der Waals surface area contributed by atoms with Crippen LogP contribution in [0.25, 0.3) is 38.8 Å². The topological polar surface area (TPSA) is 75.9 Å². The first-order valence-corrected chi connectivity index (χ1v) is 17.6. The summed E-state index contributed by atoms with van der Waals surface area (Å²) in [5.41, 5.74) is 10.8. The summed E-state index contributed by atoms with van der Waals surface area (Å²) in [4.78, 5) is 27.2. The van der Waals surface area contributed by atoms with Crippen LogP contribution < -0.4 is 9.80 Å². The van der Waals surface area contributed by atoms with E-state index in [1.807, 2.05) is 42.6 Å². The summed E-state index contributed by atoms with van der Waals surface area (Å²) in [6.07, 6.45) is 8.45. The third-order valence-corrected chi connectivity index (χ3v) is 9.63. The van der Waals surface area contributed by atoms with E-state index >= 15 is 0 Å². The molecule has 9 heteroatoms. The molecule has 1 aliphatic rings. The summed E-state index contributed by atoms with van der Waals surface area (Å²) in [5, 5.41) is 2.20. The smallest absolute Gasteiger partial charge is 0.136 e. The van der Waals surface area contributed by atoms with Gasteiger partial charge in [-0.15, -0.1) is 60.3 Å². The maximum absolute atomic E-state index is 4.77. The van der Waals surface area contributed by atoms with E-state index in [0.717, 1.165) is 72.6 Å². The minimum Gasteiger partial charge on any atom is -0.488 e. The van der Waals surface area contributed by atoms with Gasteiger partial charge >= 0.3 is 0 Å². The molecule has 0 radical (unpaired) electrons. The van der Waals surface area contributed by atoms with Crippen LogP contribution in [-0.2, 0) is 21.1 Å². The Morgan fingerprint density at radius 2 is 1.20 bits per heavy atom. The number of hydrogen-bond acceptors (Lipinski definition) is 7. The van der Waals surface area contributed by atoms with Crippen LogP contribution in [0.4, 0.5) is 22.7 Å². The number of para-hydroxylation sites is 4. The monoisotopic (exact) mass is 888 g/mol. The molecule has 0 unspecified atom stereocenters. The number of fused-ring (bicyclic) bond motifs is 4. The largest absolute Gasteiger partial charge is 0.488 e. The third-order valence-electron chi connectivity index (χ3n) is 9.63. The fraction of sp³-hybridized carbons (Fsp3) is 0. The quantitative estimate of drug-likeness (QED) is 0.148. The zero-order valence-electron chi connectivity index (χ0n) is 29.1. The molecule has 0 saturated carbocycles. The Hall–Kier alpha value is -6.76. The molecule has 266 valence electrons. The van der Waals surface area contributed by atoms with Crippen molar-refractivity contribution in [2.75, 3.05) is 9.80 Å². The van der Waals surface area contributed by atoms with E-state index in [0.29, 0.717) is 11.4 Å². The van der Waals surface area contributed by atoms with Gasteiger partial charge < -0.3 is 14.4 Å². The molecule has 5 heterocycles. The van der Waals surface area contributed by atoms with E-state index in [1.165, 1.54) is 0 Å². The second-order valence-corrected chi connectivity index (χ2v) is 12.7. The van der Waals surface area contributed by atoms with Gasteiger partial charge in [-0.1, -0.05) is 71.2 Å². The van der Waals surface area contributed by atoms with Gasteiger partial charge in [0.25, 0.3) is 0 Å². The molecule has 9 aromatic rings. The molecular weight excluding hydrogens is 860 g/mol. The molecule has 0 spiro atoms. The molecular formula is C46H29N8Pt-3. The van der Waals surface area contributed by atoms with E-state index in [4.69, 9.17) is 15.0 Å². The molecule has 10 rings (SSSR count). The van der Waals surface area contributed by atoms with Gasteiger partial charge in [-0.2, -0.15) is 0 Å². The first-order chi connectivity index (χ1) is 26.8. The first-order valence-electron chi connectivity index (χ1n) is 17.6. The summed E-state index contributed by atoms with van der Waals surface area (Å²) in [6.45, 7) is 2.12. The van der Waals surface area contributed by atoms with Crippen molar-refractivity contribution in [2.45, 2.75) is 0 Å². The number of aromatic nitrogens is 6. The van der Waals surface area contributed by atoms with Gasteiger partial charge in [0.2, 0.25) is 0 Å². The zero-order chi connectivity index (χ0) is 35.8. The Morgan fingerprint density at radius 3 is 1.93 bits per heavy atom. The Morgan fingerprint density at radius 1 is 0.509 bits per heavy atom. The number of hydrogen-bond donors (Lipinski definition) is 0. The summed E-state index contributed by atoms with van der Waals surface area (Å²) in [5.74, 6) is 0.814. The van der Waals surface area contributed by atoms with Crippen molar-refractivity contribution in [1.29, 1.82) is 0 Å². The van der Waals surface area contributed by atoms with Crippen molar-refractivity contribution in [2.24, 2.45) is 0 Å². The molecule has 0 atom stereocenters. The molecule has 5 aromatic carbocycles. The average Bonchev–Trinajstić information content (AvgIpc) is 3.80. The van der Waals surface area contributed by atoms with E-state index in [-0.39, 0.29) is 21.1 Å². The van der Waals surface area contributed by atoms with Crippen molar-refractivity contribution in [3.63, 3.8) is 0 Å². The van der Waals surface area contributed by atoms with Gasteiger partial charge in [0.1, 0.15) is 18.5 Å². The summed E-state index contributed by atoms with van der Waals surface area (Å²) >= 11 is 0. The van der Waals surface area contributed by atoms with E-state index < -0.39 is 0 Å². The molecule has 0 fully saturated rings. The summed E-state index contributed by atoms with van der Waals surface area (Å²) < 4.78 is 2.18. The molecule has 0 saturated heterocycles. The van der Waals surface area contributed by atoms with Crippen LogP contribution in [0.15, 0.2) is 171 Å². The second kappa shape index (κ2) is 14.6. The van der Waals surface area contributed by atoms with Crippen LogP contribution in [0.3, 0.4) is 0 Å². The summed E-state index contributed by atoms with van der Waals surface area (Å²) in [6, 6.07) is 55.2. The third kappa shape index (κ3) is 6.07. The Bertz CT molecular complexity index is 2770. The van der Waals surface area contributed by atoms with Crippen molar-refractivity contribution in [3.8, 4) is 5.82 Å². The minimum atomic E-state index is 0. The molecule has 0 amide bonds. The Kier molecular flexibility index (Phi) is 9.02. The van der Waals surface area contributed by atoms with Crippen LogP contribution in [-0.4, -0.2) is 29.5 Å². The Labute approximate surface area is 332 Å². The SMILES string of the molecule is [Pt].[c-]1c(C(=C(c2ccncn2)c2ccncn2)c2[c-]c3c(cc2)c2ccccc2n3-c2ccccn2)cccc1N1[CH-]N(c2ccccc2)c2ccccc21. The minimum absolute atomic E-state index is 0. The first kappa shape index (κ1) is 34.0. The number of pyridine rings is 1. The molecule has 0 N–H and O–H groups in total. The van der Waals surface area contributed by atoms with Gasteiger partial charge in [0.05, 0.1) is 11.4 Å². The fourth-order valence-corrected chi connectivity index (χ4v) is 7.28. The molecule has 8 nitrogen and oxygen atoms in total. The molecule has 0 bridgehead atoms. The van der Waals surface area contributed by atoms with Crippen molar-refractivity contribution in [1.82, 2.24) is 29.5 Å². The standard InChI is InChI=1S/C46H29N8.Pt/c1-2-12-34(13-3-1)52-31-53(42-18-7-6-17-41(42)52)35-14-10-11-32(27-35)45(46(38-22-25-47-29-50-38)39-23-26-48-30-51-39)33-20-21-37-36-15-4-5-16-40(36)54(43(37)28-33)44-19-8-9-24-49-44;/h1-26,29-31H;/q-3;. The maximum Gasteiger partial charge on any atom is 0.136 e. The average molecular weight is 889 g/mol. The molecule has 1 aliphatic heterocycles. The van der Waals surface area contributed by atoms with Gasteiger partial charge in [-0.05, 0) is 71.1 Å². The van der Waals surface area contributed by atoms with Crippen LogP contribution in [0.5, 0.6) is 0 Å². The number of rotatable bonds is 7. The molecule has 55 heavy (non-hydrogen) atoms. The van der Waals surface area contributed by atoms with Gasteiger partial charge in [-0.25, -0.2) is 24.9 Å². The van der Waals surface area contributed by atoms with Gasteiger partial charge in [0.15, 0.2) is 0 Å². The van der Waals surface area contributed by atoms with Crippen molar-refractivity contribution >= 4 is 55.7 Å². The van der Waals surface area contributed by atoms with Gasteiger partial charge in [-0.3, -0.25) is 0 Å². The van der Waals surface area contributed by atoms with E-state index in [1.54, 1.807) is 25.0 Å². The number of benzene rings is 5. The fourth-order valence-electron chi connectivity index (χ4n) is 7.28. The second-order valence-electron chi connectivity index (χ2n) is 12.7. The number of anilines is 4. The van der Waals surface area contributed by atoms with Crippen LogP contribution in [0, 0.1) is 18.8 Å². The molecule has 4 aromatic heterocycles. The van der Waals surface area contributed by atoms with Gasteiger partial charge in [0, 0.05) is 62.2 Å².